The van der Waals surface area contributed by atoms with Crippen molar-refractivity contribution >= 4 is 0 Å². The second-order valence-corrected chi connectivity index (χ2v) is 3.18. The molecule has 0 aromatic rings. The third kappa shape index (κ3) is 2.31. The predicted octanol–water partition coefficient (Wildman–Crippen LogP) is 3.38. The Balaban J connectivity index is 5.92. The van der Waals surface area contributed by atoms with Crippen LogP contribution in [-0.4, -0.2) is 41.3 Å². The first-order valence-electron chi connectivity index (χ1n) is 3.84. The molecule has 0 aliphatic rings. The Morgan fingerprint density at radius 2 is 0.895 bits per heavy atom. The smallest absolute Gasteiger partial charge is 0.359 e. The molecule has 0 rings (SSSR count). The SMILES string of the molecule is OC(F)C(F)(F)C(F)(F)C(F)(F)C(F)(F)C(F)(F)F. The van der Waals surface area contributed by atoms with Gasteiger partial charge in [-0.25, -0.2) is 4.39 Å². The molecule has 19 heavy (non-hydrogen) atoms. The van der Waals surface area contributed by atoms with E-state index in [9.17, 15) is 52.7 Å². The molecule has 0 aliphatic heterocycles. The minimum atomic E-state index is -7.70. The molecule has 1 unspecified atom stereocenters. The van der Waals surface area contributed by atoms with Crippen molar-refractivity contribution in [3.05, 3.63) is 0 Å². The highest BCUT2D eigenvalue weighted by Gasteiger charge is 2.88. The molecule has 0 aromatic carbocycles. The number of halogens is 12. The van der Waals surface area contributed by atoms with Crippen LogP contribution in [0.2, 0.25) is 0 Å². The quantitative estimate of drug-likeness (QED) is 0.788. The third-order valence-corrected chi connectivity index (χ3v) is 1.86. The molecule has 1 N–H and O–H groups in total. The Hall–Kier alpha value is -0.880. The van der Waals surface area contributed by atoms with Gasteiger partial charge in [0.2, 0.25) is 0 Å². The van der Waals surface area contributed by atoms with Crippen LogP contribution in [-0.2, 0) is 0 Å². The van der Waals surface area contributed by atoms with Gasteiger partial charge in [-0.3, -0.25) is 0 Å². The lowest BCUT2D eigenvalue weighted by Gasteiger charge is -2.37. The van der Waals surface area contributed by atoms with Crippen molar-refractivity contribution in [2.75, 3.05) is 0 Å². The second-order valence-electron chi connectivity index (χ2n) is 3.18. The maximum atomic E-state index is 12.4. The maximum Gasteiger partial charge on any atom is 0.460 e. The summed E-state index contributed by atoms with van der Waals surface area (Å²) in [4.78, 5) is 0. The van der Waals surface area contributed by atoms with Crippen LogP contribution >= 0.6 is 0 Å². The van der Waals surface area contributed by atoms with Crippen molar-refractivity contribution < 1.29 is 57.8 Å². The van der Waals surface area contributed by atoms with Crippen molar-refractivity contribution in [3.8, 4) is 0 Å². The zero-order valence-corrected chi connectivity index (χ0v) is 8.06. The standard InChI is InChI=1S/C6H2F12O/c7-1(19)2(8,9)3(10,11)4(12,13)5(14,15)6(16,17)18/h1,19H. The van der Waals surface area contributed by atoms with E-state index >= 15 is 0 Å². The largest absolute Gasteiger partial charge is 0.460 e. The van der Waals surface area contributed by atoms with Crippen molar-refractivity contribution in [2.45, 2.75) is 36.2 Å². The number of rotatable bonds is 4. The second kappa shape index (κ2) is 4.31. The van der Waals surface area contributed by atoms with E-state index in [2.05, 4.69) is 0 Å². The Morgan fingerprint density at radius 3 is 1.11 bits per heavy atom. The highest BCUT2D eigenvalue weighted by atomic mass is 19.4. The molecular formula is C6H2F12O. The van der Waals surface area contributed by atoms with Gasteiger partial charge in [-0.05, 0) is 0 Å². The summed E-state index contributed by atoms with van der Waals surface area (Å²) in [6.45, 7) is 0. The first kappa shape index (κ1) is 18.1. The maximum absolute atomic E-state index is 12.4. The number of aliphatic hydroxyl groups is 1. The molecule has 0 amide bonds. The van der Waals surface area contributed by atoms with Gasteiger partial charge >= 0.3 is 29.9 Å². The minimum absolute atomic E-state index is 5.09. The van der Waals surface area contributed by atoms with Crippen molar-refractivity contribution in [1.82, 2.24) is 0 Å². The molecule has 1 nitrogen and oxygen atoms in total. The topological polar surface area (TPSA) is 20.2 Å². The van der Waals surface area contributed by atoms with Crippen LogP contribution in [0.25, 0.3) is 0 Å². The molecule has 0 heterocycles. The molecule has 0 fully saturated rings. The lowest BCUT2D eigenvalue weighted by molar-refractivity contribution is -0.433. The summed E-state index contributed by atoms with van der Waals surface area (Å²) >= 11 is 0. The highest BCUT2D eigenvalue weighted by molar-refractivity contribution is 5.06. The van der Waals surface area contributed by atoms with E-state index in [0.717, 1.165) is 0 Å². The average molecular weight is 318 g/mol. The lowest BCUT2D eigenvalue weighted by atomic mass is 9.98. The monoisotopic (exact) mass is 318 g/mol. The summed E-state index contributed by atoms with van der Waals surface area (Å²) in [7, 11) is 0. The van der Waals surface area contributed by atoms with Crippen LogP contribution in [0.3, 0.4) is 0 Å². The molecule has 0 bridgehead atoms. The van der Waals surface area contributed by atoms with E-state index in [4.69, 9.17) is 5.11 Å². The van der Waals surface area contributed by atoms with E-state index in [1.165, 1.54) is 0 Å². The predicted molar refractivity (Wildman–Crippen MR) is 33.0 cm³/mol. The molecule has 0 saturated heterocycles. The van der Waals surface area contributed by atoms with E-state index in [1.807, 2.05) is 0 Å². The number of hydrogen-bond acceptors (Lipinski definition) is 1. The molecule has 0 saturated carbocycles. The summed E-state index contributed by atoms with van der Waals surface area (Å²) in [6, 6.07) is 0. The van der Waals surface area contributed by atoms with Gasteiger partial charge in [-0.1, -0.05) is 0 Å². The van der Waals surface area contributed by atoms with Gasteiger partial charge in [0.1, 0.15) is 0 Å². The van der Waals surface area contributed by atoms with Gasteiger partial charge in [0.05, 0.1) is 0 Å². The van der Waals surface area contributed by atoms with Gasteiger partial charge in [0.25, 0.3) is 6.36 Å². The van der Waals surface area contributed by atoms with E-state index in [0.29, 0.717) is 0 Å². The summed E-state index contributed by atoms with van der Waals surface area (Å²) in [5.41, 5.74) is 0. The number of hydrogen-bond donors (Lipinski definition) is 1. The Morgan fingerprint density at radius 1 is 0.579 bits per heavy atom. The lowest BCUT2D eigenvalue weighted by Crippen LogP contribution is -2.68. The fourth-order valence-electron chi connectivity index (χ4n) is 0.734. The Bertz CT molecular complexity index is 328. The normalized spacial score (nSPS) is 17.5. The fourth-order valence-corrected chi connectivity index (χ4v) is 0.734. The van der Waals surface area contributed by atoms with Crippen LogP contribution in [0.15, 0.2) is 0 Å². The van der Waals surface area contributed by atoms with Crippen molar-refractivity contribution in [2.24, 2.45) is 0 Å². The summed E-state index contributed by atoms with van der Waals surface area (Å²) in [5.74, 6) is -29.7. The van der Waals surface area contributed by atoms with Crippen LogP contribution in [0, 0.1) is 0 Å². The van der Waals surface area contributed by atoms with E-state index < -0.39 is 36.2 Å². The third-order valence-electron chi connectivity index (χ3n) is 1.86. The summed E-state index contributed by atoms with van der Waals surface area (Å²) in [5, 5.41) is 7.49. The summed E-state index contributed by atoms with van der Waals surface area (Å²) < 4.78 is 144. The van der Waals surface area contributed by atoms with Crippen LogP contribution in [0.5, 0.6) is 0 Å². The zero-order valence-electron chi connectivity index (χ0n) is 8.06. The minimum Gasteiger partial charge on any atom is -0.359 e. The molecule has 13 heteroatoms. The van der Waals surface area contributed by atoms with Crippen LogP contribution in [0.4, 0.5) is 52.7 Å². The molecule has 116 valence electrons. The highest BCUT2D eigenvalue weighted by Crippen LogP contribution is 2.57. The van der Waals surface area contributed by atoms with Crippen molar-refractivity contribution in [1.29, 1.82) is 0 Å². The Kier molecular flexibility index (Phi) is 4.11. The molecule has 0 aliphatic carbocycles. The molecule has 0 radical (unpaired) electrons. The summed E-state index contributed by atoms with van der Waals surface area (Å²) in [6.07, 6.45) is -12.4. The molecule has 0 aromatic heterocycles. The van der Waals surface area contributed by atoms with E-state index in [1.54, 1.807) is 0 Å². The average Bonchev–Trinajstić information content (AvgIpc) is 2.14. The van der Waals surface area contributed by atoms with Crippen molar-refractivity contribution in [3.63, 3.8) is 0 Å². The molecule has 0 spiro atoms. The molecular weight excluding hydrogens is 316 g/mol. The first-order chi connectivity index (χ1) is 7.94. The molecule has 1 atom stereocenters. The zero-order chi connectivity index (χ0) is 16.1. The number of aliphatic hydroxyl groups excluding tert-OH is 1. The Labute approximate surface area is 95.3 Å². The van der Waals surface area contributed by atoms with E-state index in [-0.39, 0.29) is 0 Å². The fraction of sp³-hybridized carbons (Fsp3) is 1.00. The van der Waals surface area contributed by atoms with Gasteiger partial charge in [-0.2, -0.15) is 48.3 Å². The number of alkyl halides is 12. The first-order valence-corrected chi connectivity index (χ1v) is 3.84. The van der Waals surface area contributed by atoms with Gasteiger partial charge in [0, 0.05) is 0 Å². The van der Waals surface area contributed by atoms with Gasteiger partial charge in [0.15, 0.2) is 0 Å². The van der Waals surface area contributed by atoms with Gasteiger partial charge < -0.3 is 5.11 Å². The van der Waals surface area contributed by atoms with Gasteiger partial charge in [-0.15, -0.1) is 0 Å². The van der Waals surface area contributed by atoms with Crippen LogP contribution < -0.4 is 0 Å². The van der Waals surface area contributed by atoms with Crippen LogP contribution in [0.1, 0.15) is 0 Å².